The van der Waals surface area contributed by atoms with Gasteiger partial charge < -0.3 is 14.4 Å². The summed E-state index contributed by atoms with van der Waals surface area (Å²) in [7, 11) is 4.97. The predicted molar refractivity (Wildman–Crippen MR) is 124 cm³/mol. The minimum absolute atomic E-state index is 0.166. The lowest BCUT2D eigenvalue weighted by Gasteiger charge is -2.23. The van der Waals surface area contributed by atoms with Crippen molar-refractivity contribution in [1.29, 1.82) is 0 Å². The second-order valence-corrected chi connectivity index (χ2v) is 8.37. The molecule has 2 heterocycles. The summed E-state index contributed by atoms with van der Waals surface area (Å²) in [5, 5.41) is 13.2. The minimum Gasteiger partial charge on any atom is -0.478 e. The number of methoxy groups -OCH3 is 1. The van der Waals surface area contributed by atoms with Gasteiger partial charge in [0, 0.05) is 44.5 Å². The predicted octanol–water partition coefficient (Wildman–Crippen LogP) is 4.74. The molecule has 2 aromatic carbocycles. The lowest BCUT2D eigenvalue weighted by atomic mass is 10.1. The number of aromatic carboxylic acids is 1. The van der Waals surface area contributed by atoms with Gasteiger partial charge in [-0.2, -0.15) is 18.2 Å². The zero-order valence-corrected chi connectivity index (χ0v) is 19.6. The van der Waals surface area contributed by atoms with E-state index < -0.39 is 23.3 Å². The van der Waals surface area contributed by atoms with Crippen molar-refractivity contribution in [3.8, 4) is 11.3 Å². The number of carbonyl (C=O) groups excluding carboxylic acids is 1. The van der Waals surface area contributed by atoms with Crippen LogP contribution in [0.2, 0.25) is 0 Å². The summed E-state index contributed by atoms with van der Waals surface area (Å²) < 4.78 is 47.1. The fourth-order valence-electron chi connectivity index (χ4n) is 4.38. The normalized spacial score (nSPS) is 17.1. The average molecular weight is 490 g/mol. The molecule has 3 aromatic rings. The minimum atomic E-state index is -4.69. The van der Waals surface area contributed by atoms with Crippen LogP contribution in [0.1, 0.15) is 22.8 Å². The van der Waals surface area contributed by atoms with Gasteiger partial charge in [-0.05, 0) is 42.8 Å². The van der Waals surface area contributed by atoms with E-state index in [1.165, 1.54) is 12.1 Å². The molecule has 1 aromatic heterocycles. The van der Waals surface area contributed by atoms with Crippen molar-refractivity contribution in [2.45, 2.75) is 25.8 Å². The first-order valence-electron chi connectivity index (χ1n) is 10.8. The summed E-state index contributed by atoms with van der Waals surface area (Å²) >= 11 is 0. The summed E-state index contributed by atoms with van der Waals surface area (Å²) in [5.41, 5.74) is 0.590. The third-order valence-electron chi connectivity index (χ3n) is 6.38. The number of anilines is 1. The van der Waals surface area contributed by atoms with Crippen molar-refractivity contribution >= 4 is 28.6 Å². The van der Waals surface area contributed by atoms with Crippen LogP contribution in [0.4, 0.5) is 23.7 Å². The number of hydrogen-bond acceptors (Lipinski definition) is 4. The van der Waals surface area contributed by atoms with Crippen LogP contribution in [0.3, 0.4) is 0 Å². The van der Waals surface area contributed by atoms with Crippen molar-refractivity contribution in [3.05, 3.63) is 53.6 Å². The number of ether oxygens (including phenoxy) is 1. The Hall–Kier alpha value is -3.57. The Morgan fingerprint density at radius 3 is 2.29 bits per heavy atom. The zero-order chi connectivity index (χ0) is 25.7. The van der Waals surface area contributed by atoms with Crippen LogP contribution in [0.25, 0.3) is 22.2 Å². The molecule has 0 bridgehead atoms. The van der Waals surface area contributed by atoms with Gasteiger partial charge in [0.2, 0.25) is 0 Å². The van der Waals surface area contributed by atoms with Crippen molar-refractivity contribution < 1.29 is 32.6 Å². The molecule has 0 aliphatic carbocycles. The number of carboxylic acids is 1. The number of aromatic nitrogens is 1. The molecule has 186 valence electrons. The number of hydrazine groups is 1. The number of halogens is 3. The number of hydrogen-bond donors (Lipinski definition) is 1. The van der Waals surface area contributed by atoms with Gasteiger partial charge >= 0.3 is 18.2 Å². The van der Waals surface area contributed by atoms with Crippen LogP contribution >= 0.6 is 0 Å². The SMILES string of the molecule is COCCn1c(-c2ccc(N3C(=O)N(C)N(C)C3C)cc2)cc2cc(C(F)(F)F)cc(C(=O)O)c21. The molecule has 0 spiro atoms. The van der Waals surface area contributed by atoms with Crippen LogP contribution in [0, 0.1) is 0 Å². The molecule has 1 atom stereocenters. The molecule has 8 nitrogen and oxygen atoms in total. The van der Waals surface area contributed by atoms with Gasteiger partial charge in [0.05, 0.1) is 23.3 Å². The van der Waals surface area contributed by atoms with Crippen molar-refractivity contribution in [2.24, 2.45) is 0 Å². The van der Waals surface area contributed by atoms with Gasteiger partial charge in [0.1, 0.15) is 6.17 Å². The maximum absolute atomic E-state index is 13.4. The number of carboxylic acid groups (broad SMARTS) is 1. The van der Waals surface area contributed by atoms with Gasteiger partial charge in [-0.3, -0.25) is 9.91 Å². The van der Waals surface area contributed by atoms with E-state index in [-0.39, 0.29) is 36.3 Å². The number of benzene rings is 2. The molecule has 35 heavy (non-hydrogen) atoms. The smallest absolute Gasteiger partial charge is 0.416 e. The fourth-order valence-corrected chi connectivity index (χ4v) is 4.38. The molecule has 1 saturated heterocycles. The number of fused-ring (bicyclic) bond motifs is 1. The first-order valence-corrected chi connectivity index (χ1v) is 10.8. The quantitative estimate of drug-likeness (QED) is 0.540. The maximum Gasteiger partial charge on any atom is 0.416 e. The summed E-state index contributed by atoms with van der Waals surface area (Å²) in [5.74, 6) is -1.45. The lowest BCUT2D eigenvalue weighted by molar-refractivity contribution is -0.137. The zero-order valence-electron chi connectivity index (χ0n) is 19.6. The molecular formula is C24H25F3N4O4. The highest BCUT2D eigenvalue weighted by molar-refractivity contribution is 6.04. The standard InChI is InChI=1S/C24H25F3N4O4/c1-14-28(2)29(3)23(34)31(14)18-7-5-15(6-8-18)20-12-16-11-17(24(25,26)27)13-19(22(32)33)21(16)30(20)9-10-35-4/h5-8,11-14H,9-10H2,1-4H3,(H,32,33). The van der Waals surface area contributed by atoms with Crippen LogP contribution < -0.4 is 4.90 Å². The molecule has 1 aliphatic heterocycles. The second kappa shape index (κ2) is 8.90. The van der Waals surface area contributed by atoms with E-state index in [4.69, 9.17) is 4.74 Å². The van der Waals surface area contributed by atoms with Crippen molar-refractivity contribution in [2.75, 3.05) is 32.7 Å². The van der Waals surface area contributed by atoms with E-state index in [2.05, 4.69) is 0 Å². The van der Waals surface area contributed by atoms with E-state index in [0.29, 0.717) is 23.0 Å². The fraction of sp³-hybridized carbons (Fsp3) is 0.333. The summed E-state index contributed by atoms with van der Waals surface area (Å²) in [6.45, 7) is 2.36. The van der Waals surface area contributed by atoms with E-state index in [1.54, 1.807) is 58.9 Å². The number of nitrogens with zero attached hydrogens (tertiary/aromatic N) is 4. The van der Waals surface area contributed by atoms with Gasteiger partial charge in [-0.25, -0.2) is 9.59 Å². The molecule has 1 N–H and O–H groups in total. The van der Waals surface area contributed by atoms with Crippen molar-refractivity contribution in [3.63, 3.8) is 0 Å². The summed E-state index contributed by atoms with van der Waals surface area (Å²) in [6, 6.07) is 10.0. The number of urea groups is 1. The van der Waals surface area contributed by atoms with Crippen LogP contribution in [-0.4, -0.2) is 65.7 Å². The van der Waals surface area contributed by atoms with Crippen LogP contribution in [0.15, 0.2) is 42.5 Å². The number of carbonyl (C=O) groups is 2. The molecule has 1 fully saturated rings. The Kier molecular flexibility index (Phi) is 6.24. The lowest BCUT2D eigenvalue weighted by Crippen LogP contribution is -2.36. The third-order valence-corrected chi connectivity index (χ3v) is 6.38. The highest BCUT2D eigenvalue weighted by atomic mass is 19.4. The monoisotopic (exact) mass is 490 g/mol. The second-order valence-electron chi connectivity index (χ2n) is 8.37. The highest BCUT2D eigenvalue weighted by Gasteiger charge is 2.38. The van der Waals surface area contributed by atoms with E-state index in [0.717, 1.165) is 6.07 Å². The summed E-state index contributed by atoms with van der Waals surface area (Å²) in [4.78, 5) is 26.2. The maximum atomic E-state index is 13.4. The molecule has 2 amide bonds. The van der Waals surface area contributed by atoms with E-state index >= 15 is 0 Å². The first-order chi connectivity index (χ1) is 16.5. The molecule has 4 rings (SSSR count). The average Bonchev–Trinajstić information content (AvgIpc) is 3.27. The Balaban J connectivity index is 1.85. The van der Waals surface area contributed by atoms with Gasteiger partial charge in [-0.1, -0.05) is 12.1 Å². The first kappa shape index (κ1) is 24.6. The Morgan fingerprint density at radius 2 is 1.77 bits per heavy atom. The Morgan fingerprint density at radius 1 is 1.11 bits per heavy atom. The van der Waals surface area contributed by atoms with E-state index in [1.807, 2.05) is 6.92 Å². The molecule has 1 aliphatic rings. The molecule has 0 radical (unpaired) electrons. The number of amides is 2. The van der Waals surface area contributed by atoms with Crippen LogP contribution in [0.5, 0.6) is 0 Å². The number of rotatable bonds is 6. The van der Waals surface area contributed by atoms with E-state index in [9.17, 15) is 27.9 Å². The van der Waals surface area contributed by atoms with Gasteiger partial charge in [0.25, 0.3) is 0 Å². The highest BCUT2D eigenvalue weighted by Crippen LogP contribution is 2.37. The molecular weight excluding hydrogens is 465 g/mol. The van der Waals surface area contributed by atoms with Crippen molar-refractivity contribution in [1.82, 2.24) is 14.6 Å². The van der Waals surface area contributed by atoms with Crippen LogP contribution in [-0.2, 0) is 17.5 Å². The topological polar surface area (TPSA) is 78.2 Å². The van der Waals surface area contributed by atoms with Gasteiger partial charge in [0.15, 0.2) is 0 Å². The number of alkyl halides is 3. The molecule has 0 saturated carbocycles. The Labute approximate surface area is 199 Å². The van der Waals surface area contributed by atoms with Gasteiger partial charge in [-0.15, -0.1) is 0 Å². The summed E-state index contributed by atoms with van der Waals surface area (Å²) in [6.07, 6.45) is -4.89. The third kappa shape index (κ3) is 4.21. The molecule has 11 heteroatoms. The Bertz CT molecular complexity index is 1290. The molecule has 1 unspecified atom stereocenters. The largest absolute Gasteiger partial charge is 0.478 e.